The van der Waals surface area contributed by atoms with Crippen LogP contribution in [0.1, 0.15) is 17.0 Å². The quantitative estimate of drug-likeness (QED) is 0.588. The minimum atomic E-state index is 0.163. The third-order valence-corrected chi connectivity index (χ3v) is 5.74. The average molecular weight is 445 g/mol. The van der Waals surface area contributed by atoms with E-state index in [1.165, 1.54) is 5.56 Å². The molecule has 1 amide bonds. The van der Waals surface area contributed by atoms with E-state index in [0.717, 1.165) is 18.7 Å². The minimum absolute atomic E-state index is 0.163. The highest BCUT2D eigenvalue weighted by Gasteiger charge is 2.23. The lowest BCUT2D eigenvalue weighted by atomic mass is 10.1. The highest BCUT2D eigenvalue weighted by Crippen LogP contribution is 2.29. The van der Waals surface area contributed by atoms with Crippen LogP contribution in [-0.4, -0.2) is 52.1 Å². The number of benzene rings is 2. The molecule has 1 aliphatic rings. The van der Waals surface area contributed by atoms with E-state index in [9.17, 15) is 4.79 Å². The van der Waals surface area contributed by atoms with Gasteiger partial charge in [0.2, 0.25) is 17.7 Å². The van der Waals surface area contributed by atoms with E-state index in [2.05, 4.69) is 15.1 Å². The second kappa shape index (κ2) is 9.16. The molecule has 8 heteroatoms. The van der Waals surface area contributed by atoms with Gasteiger partial charge >= 0.3 is 0 Å². The fraction of sp³-hybridized carbons (Fsp3) is 0.318. The van der Waals surface area contributed by atoms with Gasteiger partial charge in [-0.3, -0.25) is 9.69 Å². The molecule has 0 atom stereocenters. The second-order valence-corrected chi connectivity index (χ2v) is 8.29. The molecular formula is C22H22Cl2N4O2. The summed E-state index contributed by atoms with van der Waals surface area (Å²) in [7, 11) is 0. The Bertz CT molecular complexity index is 1030. The Balaban J connectivity index is 1.30. The van der Waals surface area contributed by atoms with Crippen molar-refractivity contribution < 1.29 is 9.21 Å². The van der Waals surface area contributed by atoms with E-state index >= 15 is 0 Å². The summed E-state index contributed by atoms with van der Waals surface area (Å²) < 4.78 is 5.78. The van der Waals surface area contributed by atoms with Crippen LogP contribution in [0.5, 0.6) is 0 Å². The molecule has 6 nitrogen and oxygen atoms in total. The SMILES string of the molecule is Cc1ccc(CC(=O)N2CCN(Cc3nnc(-c4ccc(Cl)cc4Cl)o3)CC2)cc1. The van der Waals surface area contributed by atoms with Gasteiger partial charge in [-0.2, -0.15) is 0 Å². The number of piperazine rings is 1. The molecule has 0 saturated carbocycles. The van der Waals surface area contributed by atoms with Crippen LogP contribution < -0.4 is 0 Å². The largest absolute Gasteiger partial charge is 0.419 e. The Morgan fingerprint density at radius 2 is 1.77 bits per heavy atom. The summed E-state index contributed by atoms with van der Waals surface area (Å²) in [5.74, 6) is 1.06. The summed E-state index contributed by atoms with van der Waals surface area (Å²) in [5, 5.41) is 9.26. The van der Waals surface area contributed by atoms with Crippen LogP contribution in [0, 0.1) is 6.92 Å². The van der Waals surface area contributed by atoms with Crippen molar-refractivity contribution >= 4 is 29.1 Å². The van der Waals surface area contributed by atoms with Gasteiger partial charge in [-0.1, -0.05) is 53.0 Å². The number of carbonyl (C=O) groups excluding carboxylic acids is 1. The molecule has 0 radical (unpaired) electrons. The Kier molecular flexibility index (Phi) is 6.37. The molecule has 1 saturated heterocycles. The van der Waals surface area contributed by atoms with Crippen LogP contribution in [0.3, 0.4) is 0 Å². The second-order valence-electron chi connectivity index (χ2n) is 7.44. The molecule has 156 valence electrons. The first-order valence-electron chi connectivity index (χ1n) is 9.81. The first-order chi connectivity index (χ1) is 14.5. The third-order valence-electron chi connectivity index (χ3n) is 5.19. The zero-order valence-corrected chi connectivity index (χ0v) is 18.2. The molecule has 1 aromatic heterocycles. The number of rotatable bonds is 5. The molecule has 2 heterocycles. The minimum Gasteiger partial charge on any atom is -0.419 e. The fourth-order valence-electron chi connectivity index (χ4n) is 3.43. The monoisotopic (exact) mass is 444 g/mol. The van der Waals surface area contributed by atoms with Crippen molar-refractivity contribution in [2.45, 2.75) is 19.9 Å². The van der Waals surface area contributed by atoms with Gasteiger partial charge in [0.1, 0.15) is 0 Å². The van der Waals surface area contributed by atoms with Gasteiger partial charge in [-0.25, -0.2) is 0 Å². The summed E-state index contributed by atoms with van der Waals surface area (Å²) in [6, 6.07) is 13.3. The zero-order chi connectivity index (χ0) is 21.1. The maximum atomic E-state index is 12.6. The van der Waals surface area contributed by atoms with E-state index in [0.29, 0.717) is 53.4 Å². The molecule has 1 aliphatic heterocycles. The molecule has 30 heavy (non-hydrogen) atoms. The van der Waals surface area contributed by atoms with Crippen molar-refractivity contribution in [1.82, 2.24) is 20.0 Å². The Labute approximate surface area is 185 Å². The first kappa shape index (κ1) is 20.8. The number of nitrogens with zero attached hydrogens (tertiary/aromatic N) is 4. The topological polar surface area (TPSA) is 62.5 Å². The van der Waals surface area contributed by atoms with Crippen molar-refractivity contribution in [2.24, 2.45) is 0 Å². The smallest absolute Gasteiger partial charge is 0.249 e. The van der Waals surface area contributed by atoms with Gasteiger partial charge in [-0.15, -0.1) is 10.2 Å². The van der Waals surface area contributed by atoms with Crippen LogP contribution in [0.15, 0.2) is 46.9 Å². The van der Waals surface area contributed by atoms with Crippen molar-refractivity contribution in [3.63, 3.8) is 0 Å². The molecule has 0 unspecified atom stereocenters. The third kappa shape index (κ3) is 5.01. The fourth-order valence-corrected chi connectivity index (χ4v) is 3.92. The lowest BCUT2D eigenvalue weighted by molar-refractivity contribution is -0.132. The van der Waals surface area contributed by atoms with E-state index in [1.807, 2.05) is 36.1 Å². The van der Waals surface area contributed by atoms with Gasteiger partial charge < -0.3 is 9.32 Å². The van der Waals surface area contributed by atoms with Crippen LogP contribution in [-0.2, 0) is 17.8 Å². The number of halogens is 2. The number of amides is 1. The summed E-state index contributed by atoms with van der Waals surface area (Å²) in [6.45, 7) is 5.49. The Hall–Kier alpha value is -2.41. The normalized spacial score (nSPS) is 14.8. The van der Waals surface area contributed by atoms with Gasteiger partial charge in [0, 0.05) is 31.2 Å². The molecule has 0 aliphatic carbocycles. The maximum Gasteiger partial charge on any atom is 0.249 e. The summed E-state index contributed by atoms with van der Waals surface area (Å²) >= 11 is 12.2. The van der Waals surface area contributed by atoms with E-state index in [4.69, 9.17) is 27.6 Å². The van der Waals surface area contributed by atoms with Crippen LogP contribution >= 0.6 is 23.2 Å². The van der Waals surface area contributed by atoms with Crippen LogP contribution in [0.25, 0.3) is 11.5 Å². The zero-order valence-electron chi connectivity index (χ0n) is 16.6. The summed E-state index contributed by atoms with van der Waals surface area (Å²) in [4.78, 5) is 16.7. The summed E-state index contributed by atoms with van der Waals surface area (Å²) in [5.41, 5.74) is 2.90. The highest BCUT2D eigenvalue weighted by atomic mass is 35.5. The van der Waals surface area contributed by atoms with Crippen LogP contribution in [0.4, 0.5) is 0 Å². The van der Waals surface area contributed by atoms with Gasteiger partial charge in [0.15, 0.2) is 0 Å². The Morgan fingerprint density at radius 3 is 2.47 bits per heavy atom. The van der Waals surface area contributed by atoms with Gasteiger partial charge in [0.05, 0.1) is 23.6 Å². The van der Waals surface area contributed by atoms with E-state index < -0.39 is 0 Å². The average Bonchev–Trinajstić information content (AvgIpc) is 3.18. The molecule has 2 aromatic carbocycles. The lowest BCUT2D eigenvalue weighted by Crippen LogP contribution is -2.48. The number of carbonyl (C=O) groups is 1. The Morgan fingerprint density at radius 1 is 1.03 bits per heavy atom. The lowest BCUT2D eigenvalue weighted by Gasteiger charge is -2.34. The predicted molar refractivity (Wildman–Crippen MR) is 116 cm³/mol. The molecule has 1 fully saturated rings. The number of aromatic nitrogens is 2. The molecule has 3 aromatic rings. The summed E-state index contributed by atoms with van der Waals surface area (Å²) in [6.07, 6.45) is 0.440. The van der Waals surface area contributed by atoms with E-state index in [-0.39, 0.29) is 5.91 Å². The predicted octanol–water partition coefficient (Wildman–Crippen LogP) is 4.24. The van der Waals surface area contributed by atoms with Crippen molar-refractivity contribution in [3.05, 3.63) is 69.5 Å². The van der Waals surface area contributed by atoms with Crippen molar-refractivity contribution in [2.75, 3.05) is 26.2 Å². The number of aryl methyl sites for hydroxylation is 1. The molecule has 4 rings (SSSR count). The maximum absolute atomic E-state index is 12.6. The first-order valence-corrected chi connectivity index (χ1v) is 10.6. The molecular weight excluding hydrogens is 423 g/mol. The standard InChI is InChI=1S/C22H22Cl2N4O2/c1-15-2-4-16(5-3-15)12-21(29)28-10-8-27(9-11-28)14-20-25-26-22(30-20)18-7-6-17(23)13-19(18)24/h2-7,13H,8-12,14H2,1H3. The van der Waals surface area contributed by atoms with Crippen molar-refractivity contribution in [3.8, 4) is 11.5 Å². The van der Waals surface area contributed by atoms with Crippen molar-refractivity contribution in [1.29, 1.82) is 0 Å². The van der Waals surface area contributed by atoms with Gasteiger partial charge in [-0.05, 0) is 30.7 Å². The number of hydrogen-bond acceptors (Lipinski definition) is 5. The van der Waals surface area contributed by atoms with Gasteiger partial charge in [0.25, 0.3) is 0 Å². The van der Waals surface area contributed by atoms with Crippen LogP contribution in [0.2, 0.25) is 10.0 Å². The highest BCUT2D eigenvalue weighted by molar-refractivity contribution is 6.36. The number of hydrogen-bond donors (Lipinski definition) is 0. The molecule has 0 spiro atoms. The van der Waals surface area contributed by atoms with E-state index in [1.54, 1.807) is 18.2 Å². The molecule has 0 bridgehead atoms. The molecule has 0 N–H and O–H groups in total.